The van der Waals surface area contributed by atoms with Crippen LogP contribution in [-0.2, 0) is 6.42 Å². The molecule has 1 atom stereocenters. The number of aryl methyl sites for hydroxylation is 1. The van der Waals surface area contributed by atoms with Crippen molar-refractivity contribution < 1.29 is 4.39 Å². The average molecular weight is 315 g/mol. The number of thioether (sulfide) groups is 1. The first kappa shape index (κ1) is 15.6. The van der Waals surface area contributed by atoms with Gasteiger partial charge in [-0.05, 0) is 37.0 Å². The molecule has 0 aliphatic heterocycles. The topological polar surface area (TPSA) is 17.8 Å². The predicted molar refractivity (Wildman–Crippen MR) is 86.4 cm³/mol. The Bertz CT molecular complexity index is 570. The minimum Gasteiger partial charge on any atom is -0.325 e. The van der Waals surface area contributed by atoms with E-state index in [1.54, 1.807) is 0 Å². The Kier molecular flexibility index (Phi) is 5.73. The van der Waals surface area contributed by atoms with E-state index in [4.69, 9.17) is 11.6 Å². The fourth-order valence-corrected chi connectivity index (χ4v) is 3.37. The third-order valence-electron chi connectivity index (χ3n) is 3.37. The molecule has 2 nitrogen and oxygen atoms in total. The van der Waals surface area contributed by atoms with Crippen molar-refractivity contribution in [1.29, 1.82) is 0 Å². The summed E-state index contributed by atoms with van der Waals surface area (Å²) >= 11 is 7.81. The van der Waals surface area contributed by atoms with Crippen LogP contribution in [0.2, 0.25) is 0 Å². The first-order chi connectivity index (χ1) is 9.67. The van der Waals surface area contributed by atoms with Crippen LogP contribution in [0.25, 0.3) is 11.0 Å². The number of hydrogen-bond donors (Lipinski definition) is 0. The second kappa shape index (κ2) is 7.32. The summed E-state index contributed by atoms with van der Waals surface area (Å²) in [5, 5.41) is 0. The minimum absolute atomic E-state index is 0.242. The van der Waals surface area contributed by atoms with Crippen LogP contribution >= 0.6 is 23.4 Å². The SMILES string of the molecule is CCSCCC(C)n1c(CCCl)nc2cc(F)ccc21. The van der Waals surface area contributed by atoms with Crippen LogP contribution in [0.1, 0.15) is 32.1 Å². The monoisotopic (exact) mass is 314 g/mol. The third-order valence-corrected chi connectivity index (χ3v) is 4.49. The molecule has 0 amide bonds. The van der Waals surface area contributed by atoms with Gasteiger partial charge >= 0.3 is 0 Å². The molecule has 1 aromatic heterocycles. The Balaban J connectivity index is 2.34. The van der Waals surface area contributed by atoms with Crippen molar-refractivity contribution in [1.82, 2.24) is 9.55 Å². The largest absolute Gasteiger partial charge is 0.325 e. The van der Waals surface area contributed by atoms with Crippen molar-refractivity contribution in [2.75, 3.05) is 17.4 Å². The number of fused-ring (bicyclic) bond motifs is 1. The summed E-state index contributed by atoms with van der Waals surface area (Å²) in [6, 6.07) is 5.16. The minimum atomic E-state index is -0.242. The summed E-state index contributed by atoms with van der Waals surface area (Å²) < 4.78 is 15.5. The number of benzene rings is 1. The van der Waals surface area contributed by atoms with Crippen molar-refractivity contribution in [3.05, 3.63) is 29.8 Å². The van der Waals surface area contributed by atoms with Gasteiger partial charge in [-0.2, -0.15) is 11.8 Å². The maximum absolute atomic E-state index is 13.3. The van der Waals surface area contributed by atoms with E-state index in [2.05, 4.69) is 23.4 Å². The van der Waals surface area contributed by atoms with Gasteiger partial charge in [0.15, 0.2) is 0 Å². The van der Waals surface area contributed by atoms with Crippen LogP contribution in [0.3, 0.4) is 0 Å². The van der Waals surface area contributed by atoms with Crippen LogP contribution in [0.4, 0.5) is 4.39 Å². The van der Waals surface area contributed by atoms with Gasteiger partial charge in [0.1, 0.15) is 11.6 Å². The van der Waals surface area contributed by atoms with Gasteiger partial charge in [0.05, 0.1) is 11.0 Å². The lowest BCUT2D eigenvalue weighted by Crippen LogP contribution is -2.11. The first-order valence-corrected chi connectivity index (χ1v) is 8.66. The summed E-state index contributed by atoms with van der Waals surface area (Å²) in [6.45, 7) is 4.36. The lowest BCUT2D eigenvalue weighted by molar-refractivity contribution is 0.528. The van der Waals surface area contributed by atoms with Gasteiger partial charge in [-0.1, -0.05) is 6.92 Å². The molecule has 110 valence electrons. The highest BCUT2D eigenvalue weighted by molar-refractivity contribution is 7.99. The first-order valence-electron chi connectivity index (χ1n) is 6.97. The van der Waals surface area contributed by atoms with Crippen LogP contribution in [-0.4, -0.2) is 26.9 Å². The zero-order chi connectivity index (χ0) is 14.5. The lowest BCUT2D eigenvalue weighted by atomic mass is 10.2. The molecule has 0 radical (unpaired) electrons. The Labute approximate surface area is 128 Å². The fourth-order valence-electron chi connectivity index (χ4n) is 2.40. The number of halogens is 2. The molecule has 0 aliphatic rings. The molecule has 1 heterocycles. The maximum Gasteiger partial charge on any atom is 0.125 e. The van der Waals surface area contributed by atoms with E-state index in [1.165, 1.54) is 12.1 Å². The molecule has 0 spiro atoms. The lowest BCUT2D eigenvalue weighted by Gasteiger charge is -2.17. The summed E-state index contributed by atoms with van der Waals surface area (Å²) in [7, 11) is 0. The quantitative estimate of drug-likeness (QED) is 0.546. The normalized spacial score (nSPS) is 13.0. The van der Waals surface area contributed by atoms with Gasteiger partial charge in [0.2, 0.25) is 0 Å². The number of alkyl halides is 1. The molecule has 0 saturated carbocycles. The van der Waals surface area contributed by atoms with Gasteiger partial charge in [-0.3, -0.25) is 0 Å². The number of hydrogen-bond acceptors (Lipinski definition) is 2. The second-order valence-electron chi connectivity index (χ2n) is 4.80. The molecule has 0 aliphatic carbocycles. The van der Waals surface area contributed by atoms with E-state index < -0.39 is 0 Å². The van der Waals surface area contributed by atoms with Crippen molar-refractivity contribution in [2.24, 2.45) is 0 Å². The molecule has 0 bridgehead atoms. The number of aromatic nitrogens is 2. The predicted octanol–water partition coefficient (Wildman–Crippen LogP) is 4.66. The van der Waals surface area contributed by atoms with Crippen molar-refractivity contribution >= 4 is 34.4 Å². The van der Waals surface area contributed by atoms with Gasteiger partial charge in [-0.25, -0.2) is 9.37 Å². The highest BCUT2D eigenvalue weighted by Crippen LogP contribution is 2.25. The number of nitrogens with zero attached hydrogens (tertiary/aromatic N) is 2. The van der Waals surface area contributed by atoms with E-state index in [9.17, 15) is 4.39 Å². The van der Waals surface area contributed by atoms with E-state index >= 15 is 0 Å². The summed E-state index contributed by atoms with van der Waals surface area (Å²) in [6.07, 6.45) is 1.79. The smallest absolute Gasteiger partial charge is 0.125 e. The Morgan fingerprint density at radius 2 is 2.25 bits per heavy atom. The average Bonchev–Trinajstić information content (AvgIpc) is 2.76. The summed E-state index contributed by atoms with van der Waals surface area (Å²) in [5.41, 5.74) is 1.72. The van der Waals surface area contributed by atoms with Crippen LogP contribution in [0.15, 0.2) is 18.2 Å². The number of rotatable bonds is 7. The Hall–Kier alpha value is -0.740. The molecule has 0 fully saturated rings. The maximum atomic E-state index is 13.3. The van der Waals surface area contributed by atoms with Gasteiger partial charge in [0, 0.05) is 24.4 Å². The Morgan fingerprint density at radius 3 is 2.95 bits per heavy atom. The Morgan fingerprint density at radius 1 is 1.45 bits per heavy atom. The zero-order valence-corrected chi connectivity index (χ0v) is 13.5. The fraction of sp³-hybridized carbons (Fsp3) is 0.533. The van der Waals surface area contributed by atoms with Gasteiger partial charge in [-0.15, -0.1) is 11.6 Å². The highest BCUT2D eigenvalue weighted by atomic mass is 35.5. The van der Waals surface area contributed by atoms with Crippen molar-refractivity contribution in [3.8, 4) is 0 Å². The van der Waals surface area contributed by atoms with E-state index in [1.807, 2.05) is 17.8 Å². The van der Waals surface area contributed by atoms with Crippen LogP contribution in [0, 0.1) is 5.82 Å². The molecule has 20 heavy (non-hydrogen) atoms. The molecule has 0 saturated heterocycles. The van der Waals surface area contributed by atoms with Crippen LogP contribution < -0.4 is 0 Å². The van der Waals surface area contributed by atoms with E-state index in [0.29, 0.717) is 18.3 Å². The molecule has 1 unspecified atom stereocenters. The summed E-state index contributed by atoms with van der Waals surface area (Å²) in [5.74, 6) is 3.50. The molecule has 2 aromatic rings. The van der Waals surface area contributed by atoms with Crippen LogP contribution in [0.5, 0.6) is 0 Å². The van der Waals surface area contributed by atoms with Crippen molar-refractivity contribution in [2.45, 2.75) is 32.7 Å². The number of imidazole rings is 1. The van der Waals surface area contributed by atoms with Crippen molar-refractivity contribution in [3.63, 3.8) is 0 Å². The second-order valence-corrected chi connectivity index (χ2v) is 6.58. The molecule has 5 heteroatoms. The molecular formula is C15H20ClFN2S. The third kappa shape index (κ3) is 3.47. The van der Waals surface area contributed by atoms with E-state index in [-0.39, 0.29) is 5.82 Å². The highest BCUT2D eigenvalue weighted by Gasteiger charge is 2.15. The molecular weight excluding hydrogens is 295 g/mol. The molecule has 0 N–H and O–H groups in total. The molecule has 1 aromatic carbocycles. The van der Waals surface area contributed by atoms with E-state index in [0.717, 1.165) is 34.8 Å². The zero-order valence-electron chi connectivity index (χ0n) is 11.9. The van der Waals surface area contributed by atoms with Gasteiger partial charge in [0.25, 0.3) is 0 Å². The van der Waals surface area contributed by atoms with Gasteiger partial charge < -0.3 is 4.57 Å². The summed E-state index contributed by atoms with van der Waals surface area (Å²) in [4.78, 5) is 4.54. The molecule has 2 rings (SSSR count). The standard InChI is InChI=1S/C15H20ClFN2S/c1-3-20-9-7-11(2)19-14-5-4-12(17)10-13(14)18-15(19)6-8-16/h4-5,10-11H,3,6-9H2,1-2H3.